The number of aliphatic hydroxyl groups is 2. The molecule has 0 aromatic carbocycles. The average molecular weight is 248 g/mol. The second-order valence-electron chi connectivity index (χ2n) is 5.10. The highest BCUT2D eigenvalue weighted by molar-refractivity contribution is 4.58. The molecule has 0 rings (SSSR count). The second-order valence-corrected chi connectivity index (χ2v) is 5.10. The van der Waals surface area contributed by atoms with E-state index in [0.717, 1.165) is 12.8 Å². The average Bonchev–Trinajstić information content (AvgIpc) is 2.30. The molecule has 0 saturated carbocycles. The Kier molecular flexibility index (Phi) is 9.74. The molecule has 0 aliphatic carbocycles. The Morgan fingerprint density at radius 2 is 1.47 bits per heavy atom. The van der Waals surface area contributed by atoms with Gasteiger partial charge in [0.25, 0.3) is 0 Å². The summed E-state index contributed by atoms with van der Waals surface area (Å²) in [4.78, 5) is 0. The molecule has 0 saturated heterocycles. The Hall–Kier alpha value is -0.160. The van der Waals surface area contributed by atoms with Gasteiger partial charge in [0.15, 0.2) is 0 Å². The van der Waals surface area contributed by atoms with E-state index in [2.05, 4.69) is 13.8 Å². The van der Waals surface area contributed by atoms with Crippen LogP contribution in [0.5, 0.6) is 0 Å². The van der Waals surface area contributed by atoms with Crippen LogP contribution in [0.1, 0.15) is 40.5 Å². The van der Waals surface area contributed by atoms with Crippen LogP contribution in [-0.2, 0) is 9.47 Å². The molecule has 0 bridgehead atoms. The zero-order chi connectivity index (χ0) is 13.3. The lowest BCUT2D eigenvalue weighted by Gasteiger charge is -2.18. The Bertz CT molecular complexity index is 173. The first-order chi connectivity index (χ1) is 7.95. The fourth-order valence-corrected chi connectivity index (χ4v) is 1.28. The van der Waals surface area contributed by atoms with Gasteiger partial charge in [-0.15, -0.1) is 0 Å². The van der Waals surface area contributed by atoms with Crippen LogP contribution < -0.4 is 0 Å². The molecule has 17 heavy (non-hydrogen) atoms. The quantitative estimate of drug-likeness (QED) is 0.616. The fourth-order valence-electron chi connectivity index (χ4n) is 1.28. The minimum absolute atomic E-state index is 0.0176. The summed E-state index contributed by atoms with van der Waals surface area (Å²) in [7, 11) is 0. The Balaban J connectivity index is 3.51. The third kappa shape index (κ3) is 10.7. The van der Waals surface area contributed by atoms with Crippen LogP contribution in [-0.4, -0.2) is 48.3 Å². The molecule has 2 N–H and O–H groups in total. The van der Waals surface area contributed by atoms with Crippen molar-refractivity contribution in [1.29, 1.82) is 0 Å². The van der Waals surface area contributed by atoms with Crippen molar-refractivity contribution in [2.75, 3.05) is 19.8 Å². The van der Waals surface area contributed by atoms with Gasteiger partial charge in [-0.2, -0.15) is 0 Å². The number of hydrogen-bond donors (Lipinski definition) is 2. The second kappa shape index (κ2) is 9.83. The van der Waals surface area contributed by atoms with Crippen LogP contribution in [0.2, 0.25) is 0 Å². The Morgan fingerprint density at radius 1 is 0.882 bits per heavy atom. The van der Waals surface area contributed by atoms with E-state index in [1.54, 1.807) is 0 Å². The van der Waals surface area contributed by atoms with Gasteiger partial charge in [0, 0.05) is 0 Å². The molecule has 0 fully saturated rings. The molecule has 0 heterocycles. The monoisotopic (exact) mass is 248 g/mol. The maximum Gasteiger partial charge on any atom is 0.0781 e. The minimum atomic E-state index is -0.393. The van der Waals surface area contributed by atoms with Crippen LogP contribution in [0, 0.1) is 5.92 Å². The smallest absolute Gasteiger partial charge is 0.0781 e. The van der Waals surface area contributed by atoms with Crippen molar-refractivity contribution in [3.8, 4) is 0 Å². The summed E-state index contributed by atoms with van der Waals surface area (Å²) in [5, 5.41) is 18.4. The van der Waals surface area contributed by atoms with E-state index in [9.17, 15) is 5.11 Å². The molecule has 0 aliphatic rings. The van der Waals surface area contributed by atoms with E-state index in [0.29, 0.717) is 19.1 Å². The summed E-state index contributed by atoms with van der Waals surface area (Å²) < 4.78 is 10.8. The molecular weight excluding hydrogens is 220 g/mol. The summed E-state index contributed by atoms with van der Waals surface area (Å²) in [5.74, 6) is 0.607. The van der Waals surface area contributed by atoms with Gasteiger partial charge < -0.3 is 19.7 Å². The van der Waals surface area contributed by atoms with E-state index in [1.807, 2.05) is 13.8 Å². The van der Waals surface area contributed by atoms with E-state index >= 15 is 0 Å². The van der Waals surface area contributed by atoms with Crippen LogP contribution in [0.25, 0.3) is 0 Å². The molecule has 4 heteroatoms. The van der Waals surface area contributed by atoms with Crippen LogP contribution in [0.15, 0.2) is 0 Å². The third-order valence-electron chi connectivity index (χ3n) is 2.52. The van der Waals surface area contributed by atoms with Crippen molar-refractivity contribution in [1.82, 2.24) is 0 Å². The normalized spacial score (nSPS) is 17.1. The van der Waals surface area contributed by atoms with Crippen molar-refractivity contribution < 1.29 is 19.7 Å². The standard InChI is InChI=1S/C13H28O4/c1-10(2)5-6-13(15)9-17-12(4)8-16-11(3)7-14/h10-15H,5-9H2,1-4H3. The number of hydrogen-bond acceptors (Lipinski definition) is 4. The maximum absolute atomic E-state index is 9.66. The molecule has 0 radical (unpaired) electrons. The first-order valence-electron chi connectivity index (χ1n) is 6.47. The number of ether oxygens (including phenoxy) is 2. The molecular formula is C13H28O4. The van der Waals surface area contributed by atoms with E-state index in [1.165, 1.54) is 0 Å². The maximum atomic E-state index is 9.66. The van der Waals surface area contributed by atoms with E-state index < -0.39 is 6.10 Å². The SMILES string of the molecule is CC(C)CCC(O)COC(C)COC(C)CO. The van der Waals surface area contributed by atoms with Crippen molar-refractivity contribution in [2.45, 2.75) is 58.8 Å². The van der Waals surface area contributed by atoms with Gasteiger partial charge in [-0.05, 0) is 32.6 Å². The van der Waals surface area contributed by atoms with E-state index in [-0.39, 0.29) is 18.8 Å². The highest BCUT2D eigenvalue weighted by atomic mass is 16.5. The van der Waals surface area contributed by atoms with Gasteiger partial charge in [-0.1, -0.05) is 13.8 Å². The Morgan fingerprint density at radius 3 is 2.00 bits per heavy atom. The fraction of sp³-hybridized carbons (Fsp3) is 1.00. The first-order valence-corrected chi connectivity index (χ1v) is 6.47. The van der Waals surface area contributed by atoms with E-state index in [4.69, 9.17) is 14.6 Å². The molecule has 3 atom stereocenters. The van der Waals surface area contributed by atoms with Crippen molar-refractivity contribution in [2.24, 2.45) is 5.92 Å². The topological polar surface area (TPSA) is 58.9 Å². The highest BCUT2D eigenvalue weighted by Crippen LogP contribution is 2.07. The third-order valence-corrected chi connectivity index (χ3v) is 2.52. The van der Waals surface area contributed by atoms with Gasteiger partial charge in [0.05, 0.1) is 38.1 Å². The molecule has 0 aliphatic heterocycles. The summed E-state index contributed by atoms with van der Waals surface area (Å²) >= 11 is 0. The van der Waals surface area contributed by atoms with Gasteiger partial charge in [0.1, 0.15) is 0 Å². The Labute approximate surface area is 105 Å². The lowest BCUT2D eigenvalue weighted by molar-refractivity contribution is -0.0660. The van der Waals surface area contributed by atoms with Crippen LogP contribution in [0.4, 0.5) is 0 Å². The molecule has 3 unspecified atom stereocenters. The summed E-state index contributed by atoms with van der Waals surface area (Å²) in [6, 6.07) is 0. The first kappa shape index (κ1) is 16.8. The molecule has 0 aromatic rings. The lowest BCUT2D eigenvalue weighted by atomic mass is 10.1. The largest absolute Gasteiger partial charge is 0.394 e. The van der Waals surface area contributed by atoms with Crippen LogP contribution in [0.3, 0.4) is 0 Å². The molecule has 0 spiro atoms. The van der Waals surface area contributed by atoms with Crippen LogP contribution >= 0.6 is 0 Å². The van der Waals surface area contributed by atoms with Gasteiger partial charge in [-0.25, -0.2) is 0 Å². The highest BCUT2D eigenvalue weighted by Gasteiger charge is 2.10. The van der Waals surface area contributed by atoms with Gasteiger partial charge in [0.2, 0.25) is 0 Å². The summed E-state index contributed by atoms with van der Waals surface area (Å²) in [6.45, 7) is 8.80. The molecule has 104 valence electrons. The number of rotatable bonds is 10. The summed E-state index contributed by atoms with van der Waals surface area (Å²) in [5.41, 5.74) is 0. The zero-order valence-electron chi connectivity index (χ0n) is 11.6. The van der Waals surface area contributed by atoms with Crippen molar-refractivity contribution >= 4 is 0 Å². The molecule has 0 amide bonds. The lowest BCUT2D eigenvalue weighted by Crippen LogP contribution is -2.26. The number of aliphatic hydroxyl groups excluding tert-OH is 2. The van der Waals surface area contributed by atoms with Gasteiger partial charge >= 0.3 is 0 Å². The predicted molar refractivity (Wildman–Crippen MR) is 68.0 cm³/mol. The van der Waals surface area contributed by atoms with Gasteiger partial charge in [-0.3, -0.25) is 0 Å². The molecule has 0 aromatic heterocycles. The van der Waals surface area contributed by atoms with Crippen molar-refractivity contribution in [3.05, 3.63) is 0 Å². The summed E-state index contributed by atoms with van der Waals surface area (Å²) in [6.07, 6.45) is 1.18. The predicted octanol–water partition coefficient (Wildman–Crippen LogP) is 1.59. The molecule has 4 nitrogen and oxygen atoms in total. The minimum Gasteiger partial charge on any atom is -0.394 e. The zero-order valence-corrected chi connectivity index (χ0v) is 11.6. The van der Waals surface area contributed by atoms with Crippen molar-refractivity contribution in [3.63, 3.8) is 0 Å².